The van der Waals surface area contributed by atoms with Gasteiger partial charge in [0, 0.05) is 19.2 Å². The topological polar surface area (TPSA) is 119 Å². The number of carbonyl (C=O) groups excluding carboxylic acids is 1. The van der Waals surface area contributed by atoms with Gasteiger partial charge in [0.1, 0.15) is 6.04 Å². The number of rotatable bonds is 8. The lowest BCUT2D eigenvalue weighted by atomic mass is 10.1. The zero-order valence-corrected chi connectivity index (χ0v) is 19.6. The average Bonchev–Trinajstić information content (AvgIpc) is 3.03. The predicted molar refractivity (Wildman–Crippen MR) is 129 cm³/mol. The van der Waals surface area contributed by atoms with E-state index in [9.17, 15) is 23.3 Å². The van der Waals surface area contributed by atoms with Crippen LogP contribution < -0.4 is 5.32 Å². The number of hydrogen-bond acceptors (Lipinski definition) is 6. The Bertz CT molecular complexity index is 1280. The van der Waals surface area contributed by atoms with Crippen LogP contribution in [0.5, 0.6) is 0 Å². The van der Waals surface area contributed by atoms with E-state index in [1.807, 2.05) is 36.4 Å². The molecule has 35 heavy (non-hydrogen) atoms. The van der Waals surface area contributed by atoms with E-state index in [1.54, 1.807) is 24.3 Å². The van der Waals surface area contributed by atoms with Crippen LogP contribution in [0.1, 0.15) is 11.1 Å². The van der Waals surface area contributed by atoms with Crippen molar-refractivity contribution in [3.05, 3.63) is 106 Å². The number of nitro benzene ring substituents is 1. The minimum atomic E-state index is -4.43. The molecule has 1 heterocycles. The summed E-state index contributed by atoms with van der Waals surface area (Å²) in [6.45, 7) is 0.196. The summed E-state index contributed by atoms with van der Waals surface area (Å²) in [5.74, 6) is -0.484. The molecule has 0 unspecified atom stereocenters. The van der Waals surface area contributed by atoms with E-state index in [1.165, 1.54) is 18.2 Å². The smallest absolute Gasteiger partial charge is 0.289 e. The lowest BCUT2D eigenvalue weighted by molar-refractivity contribution is -0.387. The maximum absolute atomic E-state index is 13.8. The standard InChI is InChI=1S/C25H25N3O6S/c29-25-23(15-19-9-3-1-4-10-19)27(35(32,33)24-14-8-7-13-22(24)28(30)31)17-21(16-26-25)34-18-20-11-5-2-6-12-20/h1-14,21,23H,15-18H2,(H,26,29)/t21-,23+/m1/s1. The van der Waals surface area contributed by atoms with Crippen LogP contribution in [-0.4, -0.2) is 48.8 Å². The van der Waals surface area contributed by atoms with Crippen LogP contribution in [0.15, 0.2) is 89.8 Å². The Morgan fingerprint density at radius 2 is 1.54 bits per heavy atom. The van der Waals surface area contributed by atoms with Crippen LogP contribution in [0, 0.1) is 10.1 Å². The van der Waals surface area contributed by atoms with E-state index in [4.69, 9.17) is 4.74 Å². The molecule has 0 aromatic heterocycles. The lowest BCUT2D eigenvalue weighted by Gasteiger charge is -2.29. The molecule has 0 radical (unpaired) electrons. The molecular weight excluding hydrogens is 470 g/mol. The van der Waals surface area contributed by atoms with Crippen LogP contribution in [0.4, 0.5) is 5.69 Å². The lowest BCUT2D eigenvalue weighted by Crippen LogP contribution is -2.49. The highest BCUT2D eigenvalue weighted by molar-refractivity contribution is 7.89. The number of carbonyl (C=O) groups is 1. The summed E-state index contributed by atoms with van der Waals surface area (Å²) in [5, 5.41) is 14.4. The molecule has 0 spiro atoms. The van der Waals surface area contributed by atoms with Gasteiger partial charge < -0.3 is 10.1 Å². The molecule has 1 amide bonds. The highest BCUT2D eigenvalue weighted by Gasteiger charge is 2.42. The Balaban J connectivity index is 1.70. The molecule has 3 aromatic rings. The maximum atomic E-state index is 13.8. The van der Waals surface area contributed by atoms with Crippen molar-refractivity contribution in [2.24, 2.45) is 0 Å². The van der Waals surface area contributed by atoms with E-state index < -0.39 is 43.6 Å². The van der Waals surface area contributed by atoms with Crippen molar-refractivity contribution in [3.63, 3.8) is 0 Å². The molecule has 1 aliphatic rings. The first-order chi connectivity index (χ1) is 16.9. The van der Waals surface area contributed by atoms with Crippen molar-refractivity contribution in [3.8, 4) is 0 Å². The number of hydrogen-bond donors (Lipinski definition) is 1. The van der Waals surface area contributed by atoms with Gasteiger partial charge in [0.2, 0.25) is 5.91 Å². The predicted octanol–water partition coefficient (Wildman–Crippen LogP) is 2.91. The normalized spacial score (nSPS) is 19.0. The van der Waals surface area contributed by atoms with E-state index in [0.29, 0.717) is 0 Å². The maximum Gasteiger partial charge on any atom is 0.289 e. The van der Waals surface area contributed by atoms with Crippen LogP contribution in [0.2, 0.25) is 0 Å². The Morgan fingerprint density at radius 1 is 0.943 bits per heavy atom. The van der Waals surface area contributed by atoms with Gasteiger partial charge in [0.15, 0.2) is 4.90 Å². The second-order valence-corrected chi connectivity index (χ2v) is 10.0. The minimum absolute atomic E-state index is 0.109. The van der Waals surface area contributed by atoms with Gasteiger partial charge in [0.25, 0.3) is 15.7 Å². The number of amides is 1. The fraction of sp³-hybridized carbons (Fsp3) is 0.240. The summed E-state index contributed by atoms with van der Waals surface area (Å²) < 4.78 is 34.7. The Morgan fingerprint density at radius 3 is 2.20 bits per heavy atom. The number of nitro groups is 1. The number of benzene rings is 3. The fourth-order valence-electron chi connectivity index (χ4n) is 4.01. The van der Waals surface area contributed by atoms with Crippen molar-refractivity contribution in [2.75, 3.05) is 13.1 Å². The number of ether oxygens (including phenoxy) is 1. The number of sulfonamides is 1. The molecule has 2 atom stereocenters. The minimum Gasteiger partial charge on any atom is -0.370 e. The van der Waals surface area contributed by atoms with E-state index in [-0.39, 0.29) is 26.1 Å². The SMILES string of the molecule is O=C1NC[C@@H](OCc2ccccc2)CN(S(=O)(=O)c2ccccc2[N+](=O)[O-])[C@H]1Cc1ccccc1. The highest BCUT2D eigenvalue weighted by Crippen LogP contribution is 2.29. The Hall–Kier alpha value is -3.60. The first-order valence-electron chi connectivity index (χ1n) is 11.1. The number of nitrogens with zero attached hydrogens (tertiary/aromatic N) is 2. The molecule has 4 rings (SSSR count). The monoisotopic (exact) mass is 495 g/mol. The summed E-state index contributed by atoms with van der Waals surface area (Å²) in [5.41, 5.74) is 1.12. The third kappa shape index (κ3) is 5.73. The molecule has 9 nitrogen and oxygen atoms in total. The van der Waals surface area contributed by atoms with Crippen molar-refractivity contribution in [2.45, 2.75) is 30.1 Å². The molecule has 1 fully saturated rings. The first kappa shape index (κ1) is 24.5. The van der Waals surface area contributed by atoms with Crippen LogP contribution in [-0.2, 0) is 32.6 Å². The second-order valence-electron chi connectivity index (χ2n) is 8.17. The Kier molecular flexibility index (Phi) is 7.54. The molecule has 0 bridgehead atoms. The van der Waals surface area contributed by atoms with Gasteiger partial charge in [-0.2, -0.15) is 4.31 Å². The van der Waals surface area contributed by atoms with Gasteiger partial charge in [-0.3, -0.25) is 14.9 Å². The van der Waals surface area contributed by atoms with Crippen molar-refractivity contribution >= 4 is 21.6 Å². The quantitative estimate of drug-likeness (QED) is 0.379. The molecule has 3 aromatic carbocycles. The van der Waals surface area contributed by atoms with Crippen LogP contribution >= 0.6 is 0 Å². The summed E-state index contributed by atoms with van der Waals surface area (Å²) in [6, 6.07) is 22.5. The molecule has 1 saturated heterocycles. The summed E-state index contributed by atoms with van der Waals surface area (Å²) in [6.07, 6.45) is -0.546. The molecule has 1 N–H and O–H groups in total. The van der Waals surface area contributed by atoms with Crippen LogP contribution in [0.25, 0.3) is 0 Å². The number of nitrogens with one attached hydrogen (secondary N) is 1. The van der Waals surface area contributed by atoms with Gasteiger partial charge in [-0.05, 0) is 23.6 Å². The molecule has 182 valence electrons. The third-order valence-corrected chi connectivity index (χ3v) is 7.71. The highest BCUT2D eigenvalue weighted by atomic mass is 32.2. The molecular formula is C25H25N3O6S. The molecule has 0 aliphatic carbocycles. The fourth-order valence-corrected chi connectivity index (χ4v) is 5.78. The van der Waals surface area contributed by atoms with Crippen molar-refractivity contribution in [1.82, 2.24) is 9.62 Å². The summed E-state index contributed by atoms with van der Waals surface area (Å²) in [7, 11) is -4.43. The Labute approximate surface area is 203 Å². The van der Waals surface area contributed by atoms with Crippen LogP contribution in [0.3, 0.4) is 0 Å². The summed E-state index contributed by atoms with van der Waals surface area (Å²) >= 11 is 0. The van der Waals surface area contributed by atoms with E-state index in [0.717, 1.165) is 21.5 Å². The van der Waals surface area contributed by atoms with E-state index >= 15 is 0 Å². The van der Waals surface area contributed by atoms with Gasteiger partial charge in [-0.1, -0.05) is 72.8 Å². The first-order valence-corrected chi connectivity index (χ1v) is 12.5. The largest absolute Gasteiger partial charge is 0.370 e. The average molecular weight is 496 g/mol. The van der Waals surface area contributed by atoms with Gasteiger partial charge in [-0.15, -0.1) is 0 Å². The van der Waals surface area contributed by atoms with Gasteiger partial charge >= 0.3 is 0 Å². The van der Waals surface area contributed by atoms with Gasteiger partial charge in [0.05, 0.1) is 17.6 Å². The molecule has 0 saturated carbocycles. The zero-order chi connectivity index (χ0) is 24.8. The van der Waals surface area contributed by atoms with Gasteiger partial charge in [-0.25, -0.2) is 8.42 Å². The third-order valence-electron chi connectivity index (χ3n) is 5.79. The number of para-hydroxylation sites is 1. The zero-order valence-electron chi connectivity index (χ0n) is 18.8. The summed E-state index contributed by atoms with van der Waals surface area (Å²) in [4.78, 5) is 23.5. The second kappa shape index (κ2) is 10.8. The molecule has 10 heteroatoms. The van der Waals surface area contributed by atoms with Crippen molar-refractivity contribution in [1.29, 1.82) is 0 Å². The van der Waals surface area contributed by atoms with E-state index in [2.05, 4.69) is 5.32 Å². The van der Waals surface area contributed by atoms with Crippen molar-refractivity contribution < 1.29 is 22.9 Å². The molecule has 1 aliphatic heterocycles.